The molecule has 4 unspecified atom stereocenters. The summed E-state index contributed by atoms with van der Waals surface area (Å²) in [6, 6.07) is 0.898. The Hall–Kier alpha value is -2.80. The van der Waals surface area contributed by atoms with Crippen LogP contribution < -0.4 is 22.8 Å². The third-order valence-corrected chi connectivity index (χ3v) is 3.98. The number of fused-ring (bicyclic) bond motifs is 1. The van der Waals surface area contributed by atoms with E-state index in [1.54, 1.807) is 0 Å². The number of pyridine rings is 1. The smallest absolute Gasteiger partial charge is 0.255 e. The topological polar surface area (TPSA) is 213 Å². The molecule has 1 aliphatic heterocycles. The molecule has 0 aliphatic carbocycles. The summed E-state index contributed by atoms with van der Waals surface area (Å²) in [5, 5.41) is 29.2. The van der Waals surface area contributed by atoms with Crippen LogP contribution in [0.1, 0.15) is 16.6 Å². The third-order valence-electron chi connectivity index (χ3n) is 3.98. The van der Waals surface area contributed by atoms with Gasteiger partial charge >= 0.3 is 0 Å². The van der Waals surface area contributed by atoms with Gasteiger partial charge in [-0.15, -0.1) is 0 Å². The molecule has 134 valence electrons. The van der Waals surface area contributed by atoms with Gasteiger partial charge in [-0.2, -0.15) is 9.97 Å². The largest absolute Gasteiger partial charge is 0.394 e. The van der Waals surface area contributed by atoms with Gasteiger partial charge in [0, 0.05) is 6.07 Å². The van der Waals surface area contributed by atoms with Crippen molar-refractivity contribution in [2.45, 2.75) is 24.5 Å². The molecule has 3 heterocycles. The molecule has 1 aliphatic rings. The van der Waals surface area contributed by atoms with Crippen molar-refractivity contribution in [3.8, 4) is 0 Å². The molecule has 1 saturated heterocycles. The predicted molar refractivity (Wildman–Crippen MR) is 84.2 cm³/mol. The number of nitrogens with zero attached hydrogens (tertiary/aromatic N) is 3. The highest BCUT2D eigenvalue weighted by Crippen LogP contribution is 2.31. The van der Waals surface area contributed by atoms with Gasteiger partial charge in [0.15, 0.2) is 11.9 Å². The number of nitrogens with two attached hydrogens (primary N) is 3. The minimum atomic E-state index is -1.55. The number of hydrogen-bond donors (Lipinski definition) is 6. The zero-order chi connectivity index (χ0) is 18.5. The molecule has 0 spiro atoms. The van der Waals surface area contributed by atoms with Crippen LogP contribution in [0.2, 0.25) is 0 Å². The van der Waals surface area contributed by atoms with E-state index >= 15 is 0 Å². The normalized spacial score (nSPS) is 26.2. The lowest BCUT2D eigenvalue weighted by Gasteiger charge is -2.20. The van der Waals surface area contributed by atoms with Gasteiger partial charge in [-0.3, -0.25) is 14.2 Å². The average Bonchev–Trinajstić information content (AvgIpc) is 2.81. The summed E-state index contributed by atoms with van der Waals surface area (Å²) in [7, 11) is 0. The molecule has 1 fully saturated rings. The van der Waals surface area contributed by atoms with Crippen molar-refractivity contribution in [1.82, 2.24) is 14.5 Å². The summed E-state index contributed by atoms with van der Waals surface area (Å²) in [5.41, 5.74) is 15.4. The number of carbonyl (C=O) groups is 1. The Morgan fingerprint density at radius 3 is 2.52 bits per heavy atom. The SMILES string of the molecule is NC(=O)c1cc(=O)n(C2OC(CO)C(O)C2O)c2nc(N)nc(N)c12. The average molecular weight is 352 g/mol. The number of rotatable bonds is 3. The standard InChI is InChI=1S/C13H16N6O6/c14-9-6-3(10(15)24)1-5(21)19(11(6)18-13(16)17-9)12-8(23)7(22)4(2-20)25-12/h1,4,7-8,12,20,22-23H,2H2,(H2,15,24)(H4,14,16,17,18). The first-order chi connectivity index (χ1) is 11.8. The first kappa shape index (κ1) is 17.0. The summed E-state index contributed by atoms with van der Waals surface area (Å²) in [4.78, 5) is 31.8. The minimum absolute atomic E-state index is 0.0426. The second-order valence-corrected chi connectivity index (χ2v) is 5.53. The summed E-state index contributed by atoms with van der Waals surface area (Å²) in [5.74, 6) is -1.42. The first-order valence-corrected chi connectivity index (χ1v) is 7.16. The summed E-state index contributed by atoms with van der Waals surface area (Å²) >= 11 is 0. The van der Waals surface area contributed by atoms with Crippen molar-refractivity contribution in [3.63, 3.8) is 0 Å². The highest BCUT2D eigenvalue weighted by atomic mass is 16.6. The van der Waals surface area contributed by atoms with Crippen LogP contribution in [0.4, 0.5) is 11.8 Å². The van der Waals surface area contributed by atoms with E-state index in [4.69, 9.17) is 21.9 Å². The predicted octanol–water partition coefficient (Wildman–Crippen LogP) is -3.33. The molecule has 9 N–H and O–H groups in total. The van der Waals surface area contributed by atoms with Gasteiger partial charge in [0.1, 0.15) is 24.1 Å². The van der Waals surface area contributed by atoms with Crippen molar-refractivity contribution in [3.05, 3.63) is 22.0 Å². The zero-order valence-corrected chi connectivity index (χ0v) is 12.7. The minimum Gasteiger partial charge on any atom is -0.394 e. The molecule has 0 radical (unpaired) electrons. The van der Waals surface area contributed by atoms with Gasteiger partial charge in [-0.1, -0.05) is 0 Å². The Balaban J connectivity index is 2.33. The van der Waals surface area contributed by atoms with Crippen LogP contribution in [0.15, 0.2) is 10.9 Å². The number of amides is 1. The maximum Gasteiger partial charge on any atom is 0.255 e. The molecule has 0 bridgehead atoms. The Labute approximate surface area is 139 Å². The van der Waals surface area contributed by atoms with Crippen molar-refractivity contribution in [2.75, 3.05) is 18.1 Å². The fourth-order valence-electron chi connectivity index (χ4n) is 2.82. The van der Waals surface area contributed by atoms with Gasteiger partial charge in [-0.05, 0) is 0 Å². The van der Waals surface area contributed by atoms with Crippen LogP contribution in [0.5, 0.6) is 0 Å². The van der Waals surface area contributed by atoms with Crippen LogP contribution in [0.25, 0.3) is 11.0 Å². The Kier molecular flexibility index (Phi) is 4.04. The van der Waals surface area contributed by atoms with Gasteiger partial charge in [0.05, 0.1) is 17.6 Å². The van der Waals surface area contributed by atoms with Crippen molar-refractivity contribution in [1.29, 1.82) is 0 Å². The van der Waals surface area contributed by atoms with Gasteiger partial charge in [-0.25, -0.2) is 0 Å². The summed E-state index contributed by atoms with van der Waals surface area (Å²) in [6.07, 6.45) is -5.49. The quantitative estimate of drug-likeness (QED) is 0.323. The molecule has 4 atom stereocenters. The van der Waals surface area contributed by atoms with E-state index in [2.05, 4.69) is 9.97 Å². The van der Waals surface area contributed by atoms with Gasteiger partial charge < -0.3 is 37.3 Å². The molecule has 12 nitrogen and oxygen atoms in total. The zero-order valence-electron chi connectivity index (χ0n) is 12.7. The first-order valence-electron chi connectivity index (χ1n) is 7.16. The van der Waals surface area contributed by atoms with E-state index in [0.717, 1.165) is 10.6 Å². The monoisotopic (exact) mass is 352 g/mol. The third kappa shape index (κ3) is 2.56. The Morgan fingerprint density at radius 2 is 1.96 bits per heavy atom. The fraction of sp³-hybridized carbons (Fsp3) is 0.385. The molecule has 0 aromatic carbocycles. The highest BCUT2D eigenvalue weighted by Gasteiger charge is 2.44. The Bertz CT molecular complexity index is 914. The number of hydrogen-bond acceptors (Lipinski definition) is 10. The molecule has 1 amide bonds. The number of ether oxygens (including phenoxy) is 1. The van der Waals surface area contributed by atoms with Crippen molar-refractivity contribution < 1.29 is 24.9 Å². The van der Waals surface area contributed by atoms with Crippen LogP contribution in [-0.2, 0) is 4.74 Å². The molecule has 12 heteroatoms. The van der Waals surface area contributed by atoms with E-state index in [1.807, 2.05) is 0 Å². The summed E-state index contributed by atoms with van der Waals surface area (Å²) < 4.78 is 6.22. The fourth-order valence-corrected chi connectivity index (χ4v) is 2.82. The van der Waals surface area contributed by atoms with Crippen LogP contribution >= 0.6 is 0 Å². The molecular formula is C13H16N6O6. The summed E-state index contributed by atoms with van der Waals surface area (Å²) in [6.45, 7) is -0.583. The second kappa shape index (κ2) is 5.93. The van der Waals surface area contributed by atoms with Crippen LogP contribution in [0, 0.1) is 0 Å². The highest BCUT2D eigenvalue weighted by molar-refractivity contribution is 6.08. The maximum absolute atomic E-state index is 12.5. The number of carbonyl (C=O) groups excluding carboxylic acids is 1. The number of aliphatic hydroxyl groups is 3. The van der Waals surface area contributed by atoms with E-state index in [0.29, 0.717) is 0 Å². The van der Waals surface area contributed by atoms with E-state index < -0.39 is 42.6 Å². The lowest BCUT2D eigenvalue weighted by Crippen LogP contribution is -2.36. The van der Waals surface area contributed by atoms with E-state index in [1.165, 1.54) is 0 Å². The molecular weight excluding hydrogens is 336 g/mol. The van der Waals surface area contributed by atoms with Gasteiger partial charge in [0.2, 0.25) is 11.9 Å². The number of primary amides is 1. The molecule has 2 aromatic rings. The number of aliphatic hydroxyl groups excluding tert-OH is 3. The number of anilines is 2. The lowest BCUT2D eigenvalue weighted by molar-refractivity contribution is -0.0524. The molecule has 0 saturated carbocycles. The van der Waals surface area contributed by atoms with E-state index in [9.17, 15) is 24.9 Å². The van der Waals surface area contributed by atoms with Crippen molar-refractivity contribution in [2.24, 2.45) is 5.73 Å². The van der Waals surface area contributed by atoms with Crippen molar-refractivity contribution >= 4 is 28.7 Å². The number of aromatic nitrogens is 3. The van der Waals surface area contributed by atoms with Crippen LogP contribution in [-0.4, -0.2) is 60.7 Å². The number of nitrogen functional groups attached to an aromatic ring is 2. The lowest BCUT2D eigenvalue weighted by atomic mass is 10.1. The second-order valence-electron chi connectivity index (χ2n) is 5.53. The molecule has 3 rings (SSSR count). The Morgan fingerprint density at radius 1 is 1.28 bits per heavy atom. The van der Waals surface area contributed by atoms with E-state index in [-0.39, 0.29) is 28.4 Å². The molecule has 2 aromatic heterocycles. The maximum atomic E-state index is 12.5. The van der Waals surface area contributed by atoms with Crippen LogP contribution in [0.3, 0.4) is 0 Å². The molecule has 25 heavy (non-hydrogen) atoms. The van der Waals surface area contributed by atoms with Gasteiger partial charge in [0.25, 0.3) is 5.56 Å².